The second kappa shape index (κ2) is 6.11. The van der Waals surface area contributed by atoms with Crippen LogP contribution in [-0.2, 0) is 9.59 Å². The highest BCUT2D eigenvalue weighted by molar-refractivity contribution is 6.31. The van der Waals surface area contributed by atoms with E-state index in [0.717, 1.165) is 0 Å². The highest BCUT2D eigenvalue weighted by Crippen LogP contribution is 2.28. The molecular formula is C11H10ClN5O3. The van der Waals surface area contributed by atoms with E-state index in [9.17, 15) is 9.59 Å². The maximum Gasteiger partial charge on any atom is 0.303 e. The number of carbonyl (C=O) groups excluding carboxylic acids is 1. The van der Waals surface area contributed by atoms with Gasteiger partial charge in [-0.05, 0) is 28.6 Å². The first-order chi connectivity index (χ1) is 9.56. The molecule has 3 N–H and O–H groups in total. The Labute approximate surface area is 118 Å². The number of carbonyl (C=O) groups is 2. The standard InChI is InChI=1S/C11H10ClN5O3/c12-6-1-2-7(11-14-16-17-15-11)8(5-6)13-9(18)3-4-10(19)20/h1-2,5H,3-4H2,(H,13,18)(H,19,20)(H,14,15,16,17). The number of anilines is 1. The second-order valence-electron chi connectivity index (χ2n) is 3.88. The quantitative estimate of drug-likeness (QED) is 0.765. The van der Waals surface area contributed by atoms with Crippen molar-refractivity contribution in [3.8, 4) is 11.4 Å². The number of carboxylic acid groups (broad SMARTS) is 1. The van der Waals surface area contributed by atoms with Crippen LogP contribution in [0.25, 0.3) is 11.4 Å². The Balaban J connectivity index is 2.20. The Hall–Kier alpha value is -2.48. The highest BCUT2D eigenvalue weighted by Gasteiger charge is 2.13. The smallest absolute Gasteiger partial charge is 0.303 e. The lowest BCUT2D eigenvalue weighted by Crippen LogP contribution is -2.14. The third-order valence-electron chi connectivity index (χ3n) is 2.42. The lowest BCUT2D eigenvalue weighted by Gasteiger charge is -2.09. The van der Waals surface area contributed by atoms with Crippen molar-refractivity contribution in [3.63, 3.8) is 0 Å². The number of aliphatic carboxylic acids is 1. The van der Waals surface area contributed by atoms with Crippen LogP contribution in [0.1, 0.15) is 12.8 Å². The summed E-state index contributed by atoms with van der Waals surface area (Å²) in [4.78, 5) is 22.1. The van der Waals surface area contributed by atoms with Crippen molar-refractivity contribution in [2.75, 3.05) is 5.32 Å². The summed E-state index contributed by atoms with van der Waals surface area (Å²) in [6, 6.07) is 4.82. The lowest BCUT2D eigenvalue weighted by molar-refractivity contribution is -0.138. The minimum absolute atomic E-state index is 0.129. The second-order valence-corrected chi connectivity index (χ2v) is 4.32. The number of tetrazole rings is 1. The number of carboxylic acids is 1. The van der Waals surface area contributed by atoms with Gasteiger partial charge in [0.05, 0.1) is 12.1 Å². The monoisotopic (exact) mass is 295 g/mol. The zero-order valence-electron chi connectivity index (χ0n) is 10.1. The molecule has 0 unspecified atom stereocenters. The maximum absolute atomic E-state index is 11.7. The van der Waals surface area contributed by atoms with Crippen molar-refractivity contribution in [2.45, 2.75) is 12.8 Å². The Morgan fingerprint density at radius 3 is 2.80 bits per heavy atom. The van der Waals surface area contributed by atoms with Gasteiger partial charge in [0.15, 0.2) is 5.82 Å². The van der Waals surface area contributed by atoms with Crippen molar-refractivity contribution in [3.05, 3.63) is 23.2 Å². The topological polar surface area (TPSA) is 121 Å². The molecule has 0 aliphatic rings. The van der Waals surface area contributed by atoms with Crippen LogP contribution >= 0.6 is 11.6 Å². The van der Waals surface area contributed by atoms with E-state index in [-0.39, 0.29) is 12.8 Å². The molecule has 0 radical (unpaired) electrons. The van der Waals surface area contributed by atoms with Gasteiger partial charge in [-0.15, -0.1) is 5.10 Å². The largest absolute Gasteiger partial charge is 0.481 e. The number of halogens is 1. The minimum Gasteiger partial charge on any atom is -0.481 e. The van der Waals surface area contributed by atoms with Crippen LogP contribution in [0.3, 0.4) is 0 Å². The molecule has 1 heterocycles. The normalized spacial score (nSPS) is 10.2. The summed E-state index contributed by atoms with van der Waals surface area (Å²) in [6.45, 7) is 0. The average molecular weight is 296 g/mol. The molecule has 1 aromatic carbocycles. The van der Waals surface area contributed by atoms with Gasteiger partial charge in [0.25, 0.3) is 0 Å². The van der Waals surface area contributed by atoms with Crippen LogP contribution in [0, 0.1) is 0 Å². The Kier molecular flexibility index (Phi) is 4.26. The summed E-state index contributed by atoms with van der Waals surface area (Å²) in [5.74, 6) is -1.09. The van der Waals surface area contributed by atoms with Crippen molar-refractivity contribution in [2.24, 2.45) is 0 Å². The molecule has 104 valence electrons. The van der Waals surface area contributed by atoms with Gasteiger partial charge >= 0.3 is 5.97 Å². The number of aromatic nitrogens is 4. The van der Waals surface area contributed by atoms with E-state index in [0.29, 0.717) is 22.1 Å². The molecule has 2 aromatic rings. The number of nitrogens with one attached hydrogen (secondary N) is 2. The van der Waals surface area contributed by atoms with E-state index in [2.05, 4.69) is 25.9 Å². The number of hydrogen-bond acceptors (Lipinski definition) is 5. The van der Waals surface area contributed by atoms with E-state index < -0.39 is 11.9 Å². The number of benzene rings is 1. The maximum atomic E-state index is 11.7. The molecule has 0 atom stereocenters. The van der Waals surface area contributed by atoms with E-state index in [1.807, 2.05) is 0 Å². The summed E-state index contributed by atoms with van der Waals surface area (Å²) in [5.41, 5.74) is 0.967. The third-order valence-corrected chi connectivity index (χ3v) is 2.66. The Morgan fingerprint density at radius 1 is 1.35 bits per heavy atom. The van der Waals surface area contributed by atoms with Gasteiger partial charge in [-0.25, -0.2) is 5.10 Å². The number of nitrogens with zero attached hydrogens (tertiary/aromatic N) is 3. The van der Waals surface area contributed by atoms with Crippen LogP contribution < -0.4 is 5.32 Å². The molecule has 0 bridgehead atoms. The molecule has 1 aromatic heterocycles. The first kappa shape index (κ1) is 13.9. The van der Waals surface area contributed by atoms with E-state index in [1.54, 1.807) is 12.1 Å². The van der Waals surface area contributed by atoms with Crippen LogP contribution in [0.5, 0.6) is 0 Å². The zero-order chi connectivity index (χ0) is 14.5. The predicted octanol–water partition coefficient (Wildman–Crippen LogP) is 1.32. The van der Waals surface area contributed by atoms with Crippen molar-refractivity contribution < 1.29 is 14.7 Å². The van der Waals surface area contributed by atoms with E-state index in [1.165, 1.54) is 6.07 Å². The fourth-order valence-electron chi connectivity index (χ4n) is 1.53. The van der Waals surface area contributed by atoms with Gasteiger partial charge in [0.1, 0.15) is 0 Å². The number of H-pyrrole nitrogens is 1. The van der Waals surface area contributed by atoms with E-state index in [4.69, 9.17) is 16.7 Å². The van der Waals surface area contributed by atoms with Gasteiger partial charge in [0, 0.05) is 17.0 Å². The molecular weight excluding hydrogens is 286 g/mol. The van der Waals surface area contributed by atoms with Crippen molar-refractivity contribution >= 4 is 29.2 Å². The van der Waals surface area contributed by atoms with Gasteiger partial charge in [-0.1, -0.05) is 11.6 Å². The summed E-state index contributed by atoms with van der Waals surface area (Å²) < 4.78 is 0. The highest BCUT2D eigenvalue weighted by atomic mass is 35.5. The summed E-state index contributed by atoms with van der Waals surface area (Å²) in [7, 11) is 0. The molecule has 0 saturated carbocycles. The van der Waals surface area contributed by atoms with Gasteiger partial charge in [-0.2, -0.15) is 0 Å². The zero-order valence-corrected chi connectivity index (χ0v) is 10.9. The number of rotatable bonds is 5. The molecule has 2 rings (SSSR count). The Morgan fingerprint density at radius 2 is 2.15 bits per heavy atom. The molecule has 0 aliphatic heterocycles. The van der Waals surface area contributed by atoms with E-state index >= 15 is 0 Å². The number of aromatic amines is 1. The van der Waals surface area contributed by atoms with Gasteiger partial charge < -0.3 is 10.4 Å². The SMILES string of the molecule is O=C(O)CCC(=O)Nc1cc(Cl)ccc1-c1nnn[nH]1. The minimum atomic E-state index is -1.04. The fourth-order valence-corrected chi connectivity index (χ4v) is 1.70. The summed E-state index contributed by atoms with van der Waals surface area (Å²) in [6.07, 6.45) is -0.373. The van der Waals surface area contributed by atoms with Gasteiger partial charge in [-0.3, -0.25) is 9.59 Å². The van der Waals surface area contributed by atoms with Crippen LogP contribution in [0.4, 0.5) is 5.69 Å². The molecule has 0 aliphatic carbocycles. The molecule has 0 fully saturated rings. The summed E-state index contributed by atoms with van der Waals surface area (Å²) >= 11 is 5.88. The predicted molar refractivity (Wildman–Crippen MR) is 70.1 cm³/mol. The molecule has 0 spiro atoms. The first-order valence-electron chi connectivity index (χ1n) is 5.61. The van der Waals surface area contributed by atoms with Crippen molar-refractivity contribution in [1.82, 2.24) is 20.6 Å². The molecule has 9 heteroatoms. The Bertz CT molecular complexity index is 629. The molecule has 1 amide bonds. The number of hydrogen-bond donors (Lipinski definition) is 3. The number of amides is 1. The van der Waals surface area contributed by atoms with Crippen molar-refractivity contribution in [1.29, 1.82) is 0 Å². The summed E-state index contributed by atoms with van der Waals surface area (Å²) in [5, 5.41) is 24.8. The fraction of sp³-hybridized carbons (Fsp3) is 0.182. The lowest BCUT2D eigenvalue weighted by atomic mass is 10.1. The van der Waals surface area contributed by atoms with Gasteiger partial charge in [0.2, 0.25) is 5.91 Å². The van der Waals surface area contributed by atoms with Crippen LogP contribution in [0.15, 0.2) is 18.2 Å². The first-order valence-corrected chi connectivity index (χ1v) is 5.99. The van der Waals surface area contributed by atoms with Crippen LogP contribution in [0.2, 0.25) is 5.02 Å². The van der Waals surface area contributed by atoms with Crippen LogP contribution in [-0.4, -0.2) is 37.6 Å². The molecule has 8 nitrogen and oxygen atoms in total. The average Bonchev–Trinajstić information content (AvgIpc) is 2.90. The molecule has 20 heavy (non-hydrogen) atoms. The third kappa shape index (κ3) is 3.51. The molecule has 0 saturated heterocycles.